The molecule has 0 saturated heterocycles. The molecule has 0 radical (unpaired) electrons. The van der Waals surface area contributed by atoms with Crippen LogP contribution in [0, 0.1) is 0 Å². The van der Waals surface area contributed by atoms with Gasteiger partial charge in [-0.1, -0.05) is 44.1 Å². The first-order valence-electron chi connectivity index (χ1n) is 9.64. The Labute approximate surface area is 192 Å². The molecule has 6 nitrogen and oxygen atoms in total. The summed E-state index contributed by atoms with van der Waals surface area (Å²) in [6, 6.07) is 5.48. The molecule has 0 spiro atoms. The topological polar surface area (TPSA) is 75.3 Å². The summed E-state index contributed by atoms with van der Waals surface area (Å²) in [7, 11) is 1.66. The normalized spacial score (nSPS) is 13.1. The van der Waals surface area contributed by atoms with E-state index >= 15 is 0 Å². The van der Waals surface area contributed by atoms with Crippen molar-refractivity contribution in [3.63, 3.8) is 0 Å². The maximum atomic E-state index is 12.9. The Morgan fingerprint density at radius 1 is 1.17 bits per heavy atom. The number of hydrogen-bond donors (Lipinski definition) is 2. The molecular weight excluding hydrogens is 510 g/mol. The van der Waals surface area contributed by atoms with E-state index in [0.717, 1.165) is 6.07 Å². The number of guanidine groups is 1. The Bertz CT molecular complexity index is 808. The highest BCUT2D eigenvalue weighted by atomic mass is 127. The second-order valence-electron chi connectivity index (χ2n) is 7.19. The lowest BCUT2D eigenvalue weighted by molar-refractivity contribution is -0.137. The van der Waals surface area contributed by atoms with Crippen LogP contribution in [-0.2, 0) is 12.6 Å². The van der Waals surface area contributed by atoms with Crippen molar-refractivity contribution in [3.8, 4) is 0 Å². The molecule has 0 bridgehead atoms. The number of aliphatic imine (C=N–C) groups is 1. The lowest BCUT2D eigenvalue weighted by Gasteiger charge is -2.16. The molecule has 1 heterocycles. The number of alkyl halides is 3. The van der Waals surface area contributed by atoms with Crippen molar-refractivity contribution < 1.29 is 17.7 Å². The van der Waals surface area contributed by atoms with Crippen LogP contribution in [0.25, 0.3) is 0 Å². The quantitative estimate of drug-likeness (QED) is 0.288. The van der Waals surface area contributed by atoms with Crippen molar-refractivity contribution in [2.45, 2.75) is 51.6 Å². The van der Waals surface area contributed by atoms with Gasteiger partial charge in [-0.05, 0) is 24.0 Å². The SMILES string of the molecule is CN=C(NCCc1nc(C(C)C)no1)NCCC(C)c1cccc(C(F)(F)F)c1.I. The standard InChI is InChI=1S/C20H28F3N5O.HI/c1-13(2)18-27-17(29-28-18)9-11-26-19(24-4)25-10-8-14(3)15-6-5-7-16(12-15)20(21,22)23;/h5-7,12-14H,8-11H2,1-4H3,(H2,24,25,26);1H. The number of aromatic nitrogens is 2. The summed E-state index contributed by atoms with van der Waals surface area (Å²) in [6.07, 6.45) is -3.08. The van der Waals surface area contributed by atoms with Gasteiger partial charge >= 0.3 is 6.18 Å². The van der Waals surface area contributed by atoms with Crippen LogP contribution in [0.4, 0.5) is 13.2 Å². The van der Waals surface area contributed by atoms with Gasteiger partial charge in [-0.15, -0.1) is 24.0 Å². The Morgan fingerprint density at radius 2 is 1.87 bits per heavy atom. The van der Waals surface area contributed by atoms with Crippen LogP contribution in [0.1, 0.15) is 61.9 Å². The van der Waals surface area contributed by atoms with E-state index in [0.29, 0.717) is 49.2 Å². The van der Waals surface area contributed by atoms with E-state index in [-0.39, 0.29) is 35.8 Å². The zero-order chi connectivity index (χ0) is 21.4. The minimum absolute atomic E-state index is 0. The van der Waals surface area contributed by atoms with E-state index in [9.17, 15) is 13.2 Å². The fraction of sp³-hybridized carbons (Fsp3) is 0.550. The molecule has 2 rings (SSSR count). The van der Waals surface area contributed by atoms with Crippen LogP contribution in [-0.4, -0.2) is 36.2 Å². The average molecular weight is 539 g/mol. The predicted octanol–water partition coefficient (Wildman–Crippen LogP) is 4.73. The van der Waals surface area contributed by atoms with Gasteiger partial charge in [0.05, 0.1) is 5.56 Å². The summed E-state index contributed by atoms with van der Waals surface area (Å²) in [6.45, 7) is 7.06. The van der Waals surface area contributed by atoms with E-state index in [1.165, 1.54) is 12.1 Å². The first-order valence-corrected chi connectivity index (χ1v) is 9.64. The first-order chi connectivity index (χ1) is 13.7. The van der Waals surface area contributed by atoms with Gasteiger partial charge in [-0.3, -0.25) is 4.99 Å². The monoisotopic (exact) mass is 539 g/mol. The molecule has 0 saturated carbocycles. The Morgan fingerprint density at radius 3 is 2.47 bits per heavy atom. The second kappa shape index (κ2) is 12.1. The molecule has 1 atom stereocenters. The molecule has 0 aliphatic rings. The van der Waals surface area contributed by atoms with E-state index < -0.39 is 11.7 Å². The number of halogens is 4. The second-order valence-corrected chi connectivity index (χ2v) is 7.19. The van der Waals surface area contributed by atoms with Crippen molar-refractivity contribution in [1.82, 2.24) is 20.8 Å². The minimum Gasteiger partial charge on any atom is -0.356 e. The van der Waals surface area contributed by atoms with Gasteiger partial charge in [0.15, 0.2) is 11.8 Å². The third kappa shape index (κ3) is 8.11. The fourth-order valence-electron chi connectivity index (χ4n) is 2.71. The Balaban J connectivity index is 0.00000450. The number of nitrogens with one attached hydrogen (secondary N) is 2. The van der Waals surface area contributed by atoms with Crippen LogP contribution >= 0.6 is 24.0 Å². The number of nitrogens with zero attached hydrogens (tertiary/aromatic N) is 3. The molecule has 1 unspecified atom stereocenters. The highest BCUT2D eigenvalue weighted by Gasteiger charge is 2.30. The lowest BCUT2D eigenvalue weighted by Crippen LogP contribution is -2.39. The van der Waals surface area contributed by atoms with Gasteiger partial charge in [0, 0.05) is 32.5 Å². The summed E-state index contributed by atoms with van der Waals surface area (Å²) < 4.78 is 43.8. The highest BCUT2D eigenvalue weighted by Crippen LogP contribution is 2.31. The molecule has 0 aliphatic heterocycles. The van der Waals surface area contributed by atoms with Gasteiger partial charge in [0.2, 0.25) is 5.89 Å². The van der Waals surface area contributed by atoms with Crippen molar-refractivity contribution in [2.75, 3.05) is 20.1 Å². The van der Waals surface area contributed by atoms with Crippen molar-refractivity contribution in [2.24, 2.45) is 4.99 Å². The van der Waals surface area contributed by atoms with E-state index in [1.54, 1.807) is 13.1 Å². The summed E-state index contributed by atoms with van der Waals surface area (Å²) in [5.41, 5.74) is 0.0517. The van der Waals surface area contributed by atoms with E-state index in [4.69, 9.17) is 4.52 Å². The summed E-state index contributed by atoms with van der Waals surface area (Å²) in [5.74, 6) is 2.07. The zero-order valence-electron chi connectivity index (χ0n) is 17.6. The van der Waals surface area contributed by atoms with Crippen LogP contribution in [0.15, 0.2) is 33.8 Å². The summed E-state index contributed by atoms with van der Waals surface area (Å²) in [4.78, 5) is 8.47. The van der Waals surface area contributed by atoms with Crippen LogP contribution in [0.2, 0.25) is 0 Å². The molecule has 168 valence electrons. The van der Waals surface area contributed by atoms with E-state index in [1.807, 2.05) is 20.8 Å². The number of hydrogen-bond acceptors (Lipinski definition) is 4. The van der Waals surface area contributed by atoms with Crippen LogP contribution < -0.4 is 10.6 Å². The molecule has 0 amide bonds. The molecular formula is C20H29F3IN5O. The van der Waals surface area contributed by atoms with Crippen molar-refractivity contribution in [1.29, 1.82) is 0 Å². The average Bonchev–Trinajstić information content (AvgIpc) is 3.15. The molecule has 30 heavy (non-hydrogen) atoms. The molecule has 2 N–H and O–H groups in total. The molecule has 1 aromatic heterocycles. The largest absolute Gasteiger partial charge is 0.416 e. The molecule has 10 heteroatoms. The Kier molecular flexibility index (Phi) is 10.6. The van der Waals surface area contributed by atoms with E-state index in [2.05, 4.69) is 25.8 Å². The summed E-state index contributed by atoms with van der Waals surface area (Å²) in [5, 5.41) is 10.3. The van der Waals surface area contributed by atoms with Gasteiger partial charge in [0.1, 0.15) is 0 Å². The lowest BCUT2D eigenvalue weighted by atomic mass is 9.96. The Hall–Kier alpha value is -1.85. The predicted molar refractivity (Wildman–Crippen MR) is 121 cm³/mol. The van der Waals surface area contributed by atoms with Crippen LogP contribution in [0.5, 0.6) is 0 Å². The van der Waals surface area contributed by atoms with Gasteiger partial charge in [-0.25, -0.2) is 0 Å². The molecule has 2 aromatic rings. The molecule has 1 aromatic carbocycles. The number of benzene rings is 1. The van der Waals surface area contributed by atoms with Crippen molar-refractivity contribution >= 4 is 29.9 Å². The van der Waals surface area contributed by atoms with Gasteiger partial charge < -0.3 is 15.2 Å². The highest BCUT2D eigenvalue weighted by molar-refractivity contribution is 14.0. The third-order valence-electron chi connectivity index (χ3n) is 4.51. The smallest absolute Gasteiger partial charge is 0.356 e. The third-order valence-corrected chi connectivity index (χ3v) is 4.51. The maximum absolute atomic E-state index is 12.9. The maximum Gasteiger partial charge on any atom is 0.416 e. The molecule has 0 fully saturated rings. The first kappa shape index (κ1) is 26.2. The summed E-state index contributed by atoms with van der Waals surface area (Å²) >= 11 is 0. The fourth-order valence-corrected chi connectivity index (χ4v) is 2.71. The zero-order valence-corrected chi connectivity index (χ0v) is 19.9. The van der Waals surface area contributed by atoms with Crippen molar-refractivity contribution in [3.05, 3.63) is 47.1 Å². The minimum atomic E-state index is -4.33. The van der Waals surface area contributed by atoms with Gasteiger partial charge in [0.25, 0.3) is 0 Å². The van der Waals surface area contributed by atoms with Gasteiger partial charge in [-0.2, -0.15) is 18.2 Å². The molecule has 0 aliphatic carbocycles. The number of rotatable bonds is 8. The van der Waals surface area contributed by atoms with Crippen LogP contribution in [0.3, 0.4) is 0 Å².